The van der Waals surface area contributed by atoms with Crippen molar-refractivity contribution in [2.24, 2.45) is 0 Å². The van der Waals surface area contributed by atoms with E-state index in [2.05, 4.69) is 245 Å². The molecule has 0 spiro atoms. The van der Waals surface area contributed by atoms with Crippen LogP contribution in [0, 0.1) is 6.57 Å². The minimum atomic E-state index is -2.75. The summed E-state index contributed by atoms with van der Waals surface area (Å²) in [7, 11) is -2.75. The van der Waals surface area contributed by atoms with Crippen molar-refractivity contribution in [3.63, 3.8) is 0 Å². The fourth-order valence-corrected chi connectivity index (χ4v) is 14.5. The zero-order chi connectivity index (χ0) is 42.2. The minimum absolute atomic E-state index is 0.599. The molecule has 0 aromatic heterocycles. The molecular weight excluding hydrogens is 779 g/mol. The van der Waals surface area contributed by atoms with Crippen LogP contribution in [0.15, 0.2) is 249 Å². The van der Waals surface area contributed by atoms with Crippen LogP contribution in [0.25, 0.3) is 37.2 Å². The van der Waals surface area contributed by atoms with E-state index in [1.807, 2.05) is 18.2 Å². The second-order valence-electron chi connectivity index (χ2n) is 16.0. The monoisotopic (exact) mass is 819 g/mol. The first-order chi connectivity index (χ1) is 31.2. The number of anilines is 6. The Kier molecular flexibility index (Phi) is 9.58. The van der Waals surface area contributed by atoms with Gasteiger partial charge in [0.1, 0.15) is 0 Å². The third-order valence-corrected chi connectivity index (χ3v) is 17.3. The second kappa shape index (κ2) is 16.0. The molecule has 0 saturated heterocycles. The molecule has 0 unspecified atom stereocenters. The molecule has 296 valence electrons. The summed E-state index contributed by atoms with van der Waals surface area (Å²) in [6, 6.07) is 89.8. The lowest BCUT2D eigenvalue weighted by atomic mass is 9.91. The van der Waals surface area contributed by atoms with Crippen LogP contribution in [-0.4, -0.2) is 8.07 Å². The van der Waals surface area contributed by atoms with E-state index >= 15 is 0 Å². The number of benzene rings is 11. The van der Waals surface area contributed by atoms with Crippen LogP contribution in [0.1, 0.15) is 0 Å². The predicted molar refractivity (Wildman–Crippen MR) is 269 cm³/mol. The van der Waals surface area contributed by atoms with E-state index < -0.39 is 8.07 Å². The fraction of sp³-hybridized carbons (Fsp3) is 0. The van der Waals surface area contributed by atoms with Gasteiger partial charge in [0, 0.05) is 33.5 Å². The zero-order valence-corrected chi connectivity index (χ0v) is 35.5. The van der Waals surface area contributed by atoms with Crippen LogP contribution in [0.2, 0.25) is 0 Å². The van der Waals surface area contributed by atoms with Gasteiger partial charge >= 0.3 is 0 Å². The highest BCUT2D eigenvalue weighted by Gasteiger charge is 2.41. The van der Waals surface area contributed by atoms with Crippen molar-refractivity contribution in [1.82, 2.24) is 0 Å². The van der Waals surface area contributed by atoms with E-state index in [1.165, 1.54) is 47.7 Å². The summed E-state index contributed by atoms with van der Waals surface area (Å²) >= 11 is 0. The Hall–Kier alpha value is -8.23. The van der Waals surface area contributed by atoms with Gasteiger partial charge in [-0.25, -0.2) is 4.85 Å². The largest absolute Gasteiger partial charge is 0.311 e. The Morgan fingerprint density at radius 1 is 0.317 bits per heavy atom. The molecule has 0 aliphatic carbocycles. The molecule has 0 amide bonds. The molecule has 11 aromatic carbocycles. The van der Waals surface area contributed by atoms with Crippen LogP contribution in [-0.2, 0) is 0 Å². The van der Waals surface area contributed by atoms with Crippen LogP contribution >= 0.6 is 0 Å². The number of para-hydroxylation sites is 2. The van der Waals surface area contributed by atoms with Gasteiger partial charge in [-0.1, -0.05) is 188 Å². The van der Waals surface area contributed by atoms with Gasteiger partial charge in [-0.05, 0) is 103 Å². The van der Waals surface area contributed by atoms with Gasteiger partial charge in [0.15, 0.2) is 13.8 Å². The molecule has 0 saturated carbocycles. The Morgan fingerprint density at radius 2 is 0.683 bits per heavy atom. The number of rotatable bonds is 10. The van der Waals surface area contributed by atoms with Crippen LogP contribution in [0.5, 0.6) is 0 Å². The first-order valence-electron chi connectivity index (χ1n) is 21.4. The van der Waals surface area contributed by atoms with Gasteiger partial charge in [-0.15, -0.1) is 0 Å². The van der Waals surface area contributed by atoms with Crippen LogP contribution < -0.4 is 30.5 Å². The lowest BCUT2D eigenvalue weighted by molar-refractivity contribution is 1.30. The summed E-state index contributed by atoms with van der Waals surface area (Å²) in [6.07, 6.45) is 0. The Morgan fingerprint density at radius 3 is 1.13 bits per heavy atom. The average molecular weight is 820 g/mol. The predicted octanol–water partition coefficient (Wildman–Crippen LogP) is 13.5. The molecule has 63 heavy (non-hydrogen) atoms. The maximum absolute atomic E-state index is 7.99. The SMILES string of the molecule is [C-]#[N+]c1cccc(N(c2ccc([Si](c3ccccc3)(c3ccccc3)c3ccccc3)cc2)c2ccc3ccc4c(N(c5ccccc5)c5ccccc5)ccc5ccc2c3c54)c1. The first-order valence-corrected chi connectivity index (χ1v) is 23.4. The molecule has 0 bridgehead atoms. The standard InChI is InChI=1S/C59H41N3Si/c1-60-45-18-17-23-49(42-45)62(48-34-36-53(37-35-48)63(50-24-11-4-12-25-50,51-26-13-5-14-27-51)52-28-15-6-16-29-52)57-41-33-44-30-38-54-56(40-32-43-31-39-55(57)59(44)58(43)54)61(46-19-7-2-8-20-46)47-21-9-3-10-22-47/h2-42H. The summed E-state index contributed by atoms with van der Waals surface area (Å²) in [5.74, 6) is 0. The number of nitrogens with zero attached hydrogens (tertiary/aromatic N) is 3. The van der Waals surface area contributed by atoms with Crippen molar-refractivity contribution in [3.8, 4) is 0 Å². The van der Waals surface area contributed by atoms with Crippen molar-refractivity contribution in [1.29, 1.82) is 0 Å². The first kappa shape index (κ1) is 37.7. The Bertz CT molecular complexity index is 3250. The molecular formula is C59H41N3Si. The third kappa shape index (κ3) is 6.42. The van der Waals surface area contributed by atoms with Gasteiger partial charge in [0.05, 0.1) is 17.9 Å². The summed E-state index contributed by atoms with van der Waals surface area (Å²) in [5, 5.41) is 12.5. The minimum Gasteiger partial charge on any atom is -0.311 e. The Balaban J connectivity index is 1.13. The van der Waals surface area contributed by atoms with Gasteiger partial charge in [-0.3, -0.25) is 0 Å². The molecule has 4 heteroatoms. The highest BCUT2D eigenvalue weighted by Crippen LogP contribution is 2.47. The highest BCUT2D eigenvalue weighted by atomic mass is 28.3. The van der Waals surface area contributed by atoms with Gasteiger partial charge < -0.3 is 9.80 Å². The van der Waals surface area contributed by atoms with Crippen molar-refractivity contribution >= 4 is 101 Å². The third-order valence-electron chi connectivity index (χ3n) is 12.5. The molecule has 11 aromatic rings. The number of hydrogen-bond donors (Lipinski definition) is 0. The smallest absolute Gasteiger partial charge is 0.189 e. The summed E-state index contributed by atoms with van der Waals surface area (Å²) in [6.45, 7) is 7.99. The van der Waals surface area contributed by atoms with E-state index in [0.29, 0.717) is 5.69 Å². The molecule has 0 N–H and O–H groups in total. The van der Waals surface area contributed by atoms with Crippen molar-refractivity contribution < 1.29 is 0 Å². The molecule has 0 aliphatic heterocycles. The van der Waals surface area contributed by atoms with E-state index in [9.17, 15) is 0 Å². The maximum atomic E-state index is 7.99. The molecule has 0 heterocycles. The summed E-state index contributed by atoms with van der Waals surface area (Å²) in [5.41, 5.74) is 6.94. The van der Waals surface area contributed by atoms with Crippen molar-refractivity contribution in [2.75, 3.05) is 9.80 Å². The second-order valence-corrected chi connectivity index (χ2v) is 19.8. The normalized spacial score (nSPS) is 11.5. The quantitative estimate of drug-likeness (QED) is 0.0589. The van der Waals surface area contributed by atoms with E-state index in [1.54, 1.807) is 0 Å². The van der Waals surface area contributed by atoms with E-state index in [0.717, 1.165) is 39.5 Å². The molecule has 11 rings (SSSR count). The topological polar surface area (TPSA) is 10.8 Å². The van der Waals surface area contributed by atoms with E-state index in [-0.39, 0.29) is 0 Å². The zero-order valence-electron chi connectivity index (χ0n) is 34.5. The van der Waals surface area contributed by atoms with Crippen molar-refractivity contribution in [3.05, 3.63) is 260 Å². The van der Waals surface area contributed by atoms with E-state index in [4.69, 9.17) is 6.57 Å². The molecule has 0 fully saturated rings. The van der Waals surface area contributed by atoms with Crippen LogP contribution in [0.4, 0.5) is 39.8 Å². The van der Waals surface area contributed by atoms with Crippen LogP contribution in [0.3, 0.4) is 0 Å². The molecule has 0 atom stereocenters. The Labute approximate surface area is 369 Å². The molecule has 0 aliphatic rings. The fourth-order valence-electron chi connectivity index (χ4n) is 9.80. The molecule has 3 nitrogen and oxygen atoms in total. The maximum Gasteiger partial charge on any atom is 0.189 e. The van der Waals surface area contributed by atoms with Gasteiger partial charge in [0.2, 0.25) is 0 Å². The van der Waals surface area contributed by atoms with Gasteiger partial charge in [-0.2, -0.15) is 0 Å². The highest BCUT2D eigenvalue weighted by molar-refractivity contribution is 7.19. The van der Waals surface area contributed by atoms with Gasteiger partial charge in [0.25, 0.3) is 0 Å². The number of hydrogen-bond acceptors (Lipinski definition) is 2. The molecule has 0 radical (unpaired) electrons. The lowest BCUT2D eigenvalue weighted by Crippen LogP contribution is -2.74. The van der Waals surface area contributed by atoms with Crippen molar-refractivity contribution in [2.45, 2.75) is 0 Å². The lowest BCUT2D eigenvalue weighted by Gasteiger charge is -2.35. The summed E-state index contributed by atoms with van der Waals surface area (Å²) in [4.78, 5) is 8.57. The summed E-state index contributed by atoms with van der Waals surface area (Å²) < 4.78 is 0. The average Bonchev–Trinajstić information content (AvgIpc) is 3.36.